The van der Waals surface area contributed by atoms with Gasteiger partial charge in [0.2, 0.25) is 0 Å². The number of hydrogen-bond donors (Lipinski definition) is 2. The fraction of sp³-hybridized carbons (Fsp3) is 0.222. The lowest BCUT2D eigenvalue weighted by molar-refractivity contribution is -0.118. The van der Waals surface area contributed by atoms with Crippen LogP contribution in [0, 0.1) is 0 Å². The lowest BCUT2D eigenvalue weighted by Crippen LogP contribution is -2.35. The molecule has 1 aliphatic rings. The number of nitrogens with one attached hydrogen (secondary N) is 2. The first-order valence-electron chi connectivity index (χ1n) is 12.1. The zero-order valence-corrected chi connectivity index (χ0v) is 20.9. The van der Waals surface area contributed by atoms with Crippen molar-refractivity contribution in [2.75, 3.05) is 32.2 Å². The molecule has 0 bridgehead atoms. The molecule has 1 aliphatic heterocycles. The Hall–Kier alpha value is -4.93. The van der Waals surface area contributed by atoms with Crippen LogP contribution < -0.4 is 24.8 Å². The summed E-state index contributed by atoms with van der Waals surface area (Å²) in [5.41, 5.74) is 2.94. The van der Waals surface area contributed by atoms with Gasteiger partial charge in [0.15, 0.2) is 23.9 Å². The quantitative estimate of drug-likeness (QED) is 0.348. The molecule has 0 fully saturated rings. The van der Waals surface area contributed by atoms with Crippen molar-refractivity contribution in [1.29, 1.82) is 0 Å². The molecular formula is C27H26N6O5. The van der Waals surface area contributed by atoms with Crippen LogP contribution in [0.25, 0.3) is 22.8 Å². The van der Waals surface area contributed by atoms with Gasteiger partial charge in [0, 0.05) is 18.3 Å². The molecule has 4 aromatic rings. The van der Waals surface area contributed by atoms with Crippen LogP contribution in [0.15, 0.2) is 60.8 Å². The first kappa shape index (κ1) is 24.8. The van der Waals surface area contributed by atoms with Crippen LogP contribution in [0.2, 0.25) is 0 Å². The topological polar surface area (TPSA) is 129 Å². The number of para-hydroxylation sites is 2. The molecule has 0 spiro atoms. The molecule has 0 aliphatic carbocycles. The van der Waals surface area contributed by atoms with Gasteiger partial charge in [-0.25, -0.2) is 9.97 Å². The number of methoxy groups -OCH3 is 1. The second-order valence-electron chi connectivity index (χ2n) is 8.29. The van der Waals surface area contributed by atoms with Crippen LogP contribution in [-0.4, -0.2) is 58.4 Å². The average molecular weight is 515 g/mol. The zero-order chi connectivity index (χ0) is 26.5. The molecule has 2 N–H and O–H groups in total. The van der Waals surface area contributed by atoms with E-state index in [0.29, 0.717) is 71.1 Å². The maximum atomic E-state index is 12.5. The molecule has 11 heteroatoms. The van der Waals surface area contributed by atoms with Crippen molar-refractivity contribution in [3.8, 4) is 40.0 Å². The standard InChI is InChI=1S/C27H26N6O5/c1-3-37-24-14-17(8-9-23(24)38-16-25(34)30-19-6-4-5-7-22(19)36-2)26-28-11-10-18(31-26)20-15-21-27(35)29-12-13-33(21)32-20/h4-11,14-15H,3,12-13,16H2,1-2H3,(H,29,35)(H,30,34). The minimum atomic E-state index is -0.339. The van der Waals surface area contributed by atoms with E-state index in [1.54, 1.807) is 59.4 Å². The Morgan fingerprint density at radius 2 is 1.92 bits per heavy atom. The van der Waals surface area contributed by atoms with Gasteiger partial charge in [0.05, 0.1) is 31.6 Å². The second kappa shape index (κ2) is 11.0. The molecule has 2 aromatic carbocycles. The van der Waals surface area contributed by atoms with Gasteiger partial charge in [0.25, 0.3) is 11.8 Å². The van der Waals surface area contributed by atoms with Crippen LogP contribution >= 0.6 is 0 Å². The second-order valence-corrected chi connectivity index (χ2v) is 8.29. The summed E-state index contributed by atoms with van der Waals surface area (Å²) < 4.78 is 18.5. The van der Waals surface area contributed by atoms with E-state index in [1.807, 2.05) is 13.0 Å². The van der Waals surface area contributed by atoms with Crippen molar-refractivity contribution in [2.24, 2.45) is 0 Å². The zero-order valence-electron chi connectivity index (χ0n) is 20.9. The van der Waals surface area contributed by atoms with Crippen molar-refractivity contribution < 1.29 is 23.8 Å². The summed E-state index contributed by atoms with van der Waals surface area (Å²) >= 11 is 0. The van der Waals surface area contributed by atoms with E-state index in [0.717, 1.165) is 0 Å². The maximum absolute atomic E-state index is 12.5. The Morgan fingerprint density at radius 1 is 1.05 bits per heavy atom. The molecular weight excluding hydrogens is 488 g/mol. The number of carbonyl (C=O) groups is 2. The summed E-state index contributed by atoms with van der Waals surface area (Å²) in [6.45, 7) is 3.19. The number of benzene rings is 2. The predicted molar refractivity (Wildman–Crippen MR) is 139 cm³/mol. The number of amides is 2. The predicted octanol–water partition coefficient (Wildman–Crippen LogP) is 3.18. The fourth-order valence-corrected chi connectivity index (χ4v) is 4.01. The van der Waals surface area contributed by atoms with Gasteiger partial charge in [-0.05, 0) is 49.4 Å². The summed E-state index contributed by atoms with van der Waals surface area (Å²) in [7, 11) is 1.54. The van der Waals surface area contributed by atoms with Crippen LogP contribution in [0.3, 0.4) is 0 Å². The van der Waals surface area contributed by atoms with E-state index in [1.165, 1.54) is 7.11 Å². The molecule has 11 nitrogen and oxygen atoms in total. The summed E-state index contributed by atoms with van der Waals surface area (Å²) in [5.74, 6) is 1.39. The van der Waals surface area contributed by atoms with Crippen molar-refractivity contribution >= 4 is 17.5 Å². The maximum Gasteiger partial charge on any atom is 0.269 e. The van der Waals surface area contributed by atoms with E-state index in [4.69, 9.17) is 14.2 Å². The SMILES string of the molecule is CCOc1cc(-c2nccc(-c3cc4n(n3)CCNC4=O)n2)ccc1OCC(=O)Nc1ccccc1OC. The minimum Gasteiger partial charge on any atom is -0.495 e. The Kier molecular flexibility index (Phi) is 7.16. The number of anilines is 1. The van der Waals surface area contributed by atoms with Gasteiger partial charge in [0.1, 0.15) is 17.1 Å². The Labute approximate surface area is 218 Å². The van der Waals surface area contributed by atoms with E-state index < -0.39 is 0 Å². The summed E-state index contributed by atoms with van der Waals surface area (Å²) in [4.78, 5) is 33.7. The number of fused-ring (bicyclic) bond motifs is 1. The third-order valence-electron chi connectivity index (χ3n) is 5.78. The largest absolute Gasteiger partial charge is 0.495 e. The van der Waals surface area contributed by atoms with E-state index in [2.05, 4.69) is 25.7 Å². The van der Waals surface area contributed by atoms with Crippen LogP contribution in [0.4, 0.5) is 5.69 Å². The lowest BCUT2D eigenvalue weighted by atomic mass is 10.1. The van der Waals surface area contributed by atoms with Gasteiger partial charge >= 0.3 is 0 Å². The molecule has 0 atom stereocenters. The molecule has 0 saturated heterocycles. The normalized spacial score (nSPS) is 12.3. The van der Waals surface area contributed by atoms with Crippen molar-refractivity contribution in [3.63, 3.8) is 0 Å². The highest BCUT2D eigenvalue weighted by molar-refractivity contribution is 5.94. The number of hydrogen-bond acceptors (Lipinski definition) is 8. The van der Waals surface area contributed by atoms with E-state index >= 15 is 0 Å². The van der Waals surface area contributed by atoms with Crippen molar-refractivity contribution in [1.82, 2.24) is 25.1 Å². The Bertz CT molecular complexity index is 1480. The summed E-state index contributed by atoms with van der Waals surface area (Å²) in [6.07, 6.45) is 1.64. The van der Waals surface area contributed by atoms with Gasteiger partial charge in [-0.2, -0.15) is 5.10 Å². The third-order valence-corrected chi connectivity index (χ3v) is 5.78. The number of aromatic nitrogens is 4. The highest BCUT2D eigenvalue weighted by Gasteiger charge is 2.21. The number of ether oxygens (including phenoxy) is 3. The highest BCUT2D eigenvalue weighted by Crippen LogP contribution is 2.32. The minimum absolute atomic E-state index is 0.155. The van der Waals surface area contributed by atoms with Crippen LogP contribution in [-0.2, 0) is 11.3 Å². The average Bonchev–Trinajstić information content (AvgIpc) is 3.39. The molecule has 0 saturated carbocycles. The molecule has 38 heavy (non-hydrogen) atoms. The number of nitrogens with zero attached hydrogens (tertiary/aromatic N) is 4. The smallest absolute Gasteiger partial charge is 0.269 e. The van der Waals surface area contributed by atoms with Gasteiger partial charge in [-0.1, -0.05) is 12.1 Å². The van der Waals surface area contributed by atoms with E-state index in [-0.39, 0.29) is 18.4 Å². The Morgan fingerprint density at radius 3 is 2.74 bits per heavy atom. The summed E-state index contributed by atoms with van der Waals surface area (Å²) in [5, 5.41) is 10.1. The summed E-state index contributed by atoms with van der Waals surface area (Å²) in [6, 6.07) is 15.9. The lowest BCUT2D eigenvalue weighted by Gasteiger charge is -2.14. The molecule has 194 valence electrons. The molecule has 0 unspecified atom stereocenters. The first-order valence-corrected chi connectivity index (χ1v) is 12.1. The molecule has 5 rings (SSSR count). The highest BCUT2D eigenvalue weighted by atomic mass is 16.5. The van der Waals surface area contributed by atoms with E-state index in [9.17, 15) is 9.59 Å². The van der Waals surface area contributed by atoms with Gasteiger partial charge in [-0.3, -0.25) is 14.3 Å². The number of rotatable bonds is 9. The van der Waals surface area contributed by atoms with Gasteiger partial charge in [-0.15, -0.1) is 0 Å². The van der Waals surface area contributed by atoms with Crippen LogP contribution in [0.5, 0.6) is 17.2 Å². The van der Waals surface area contributed by atoms with Crippen LogP contribution in [0.1, 0.15) is 17.4 Å². The fourth-order valence-electron chi connectivity index (χ4n) is 4.01. The first-order chi connectivity index (χ1) is 18.6. The Balaban J connectivity index is 1.33. The van der Waals surface area contributed by atoms with Gasteiger partial charge < -0.3 is 24.8 Å². The van der Waals surface area contributed by atoms with Crippen molar-refractivity contribution in [3.05, 3.63) is 66.5 Å². The third kappa shape index (κ3) is 5.26. The molecule has 2 aromatic heterocycles. The van der Waals surface area contributed by atoms with Crippen molar-refractivity contribution in [2.45, 2.75) is 13.5 Å². The molecule has 2 amide bonds. The monoisotopic (exact) mass is 514 g/mol. The molecule has 0 radical (unpaired) electrons. The number of carbonyl (C=O) groups excluding carboxylic acids is 2. The molecule has 3 heterocycles.